The van der Waals surface area contributed by atoms with Gasteiger partial charge in [0.25, 0.3) is 0 Å². The van der Waals surface area contributed by atoms with E-state index in [0.717, 1.165) is 29.6 Å². The van der Waals surface area contributed by atoms with Gasteiger partial charge in [-0.15, -0.1) is 21.5 Å². The van der Waals surface area contributed by atoms with Crippen molar-refractivity contribution >= 4 is 16.5 Å². The van der Waals surface area contributed by atoms with E-state index in [4.69, 9.17) is 0 Å². The van der Waals surface area contributed by atoms with Gasteiger partial charge in [0.05, 0.1) is 5.69 Å². The van der Waals surface area contributed by atoms with Crippen LogP contribution in [-0.4, -0.2) is 26.3 Å². The number of aryl methyl sites for hydroxylation is 3. The van der Waals surface area contributed by atoms with Crippen LogP contribution in [0.3, 0.4) is 0 Å². The lowest BCUT2D eigenvalue weighted by Crippen LogP contribution is -2.08. The van der Waals surface area contributed by atoms with Gasteiger partial charge in [0, 0.05) is 24.9 Å². The molecule has 86 valence electrons. The highest BCUT2D eigenvalue weighted by molar-refractivity contribution is 7.15. The van der Waals surface area contributed by atoms with E-state index < -0.39 is 0 Å². The first-order chi connectivity index (χ1) is 7.66. The van der Waals surface area contributed by atoms with Crippen LogP contribution in [0.25, 0.3) is 0 Å². The molecule has 2 aromatic heterocycles. The zero-order valence-corrected chi connectivity index (χ0v) is 10.5. The summed E-state index contributed by atoms with van der Waals surface area (Å²) in [6.07, 6.45) is 2.57. The van der Waals surface area contributed by atoms with E-state index >= 15 is 0 Å². The molecule has 0 fully saturated rings. The second kappa shape index (κ2) is 4.61. The SMILES string of the molecule is Cc1nc(NCCc2nncn2C)sc1C. The van der Waals surface area contributed by atoms with E-state index in [-0.39, 0.29) is 0 Å². The molecule has 1 N–H and O–H groups in total. The molecule has 0 saturated carbocycles. The Labute approximate surface area is 98.5 Å². The molecule has 0 aromatic carbocycles. The van der Waals surface area contributed by atoms with Gasteiger partial charge in [0.15, 0.2) is 5.13 Å². The molecule has 0 amide bonds. The number of thiazole rings is 1. The summed E-state index contributed by atoms with van der Waals surface area (Å²) in [7, 11) is 1.95. The van der Waals surface area contributed by atoms with Gasteiger partial charge >= 0.3 is 0 Å². The summed E-state index contributed by atoms with van der Waals surface area (Å²) < 4.78 is 1.93. The lowest BCUT2D eigenvalue weighted by molar-refractivity contribution is 0.788. The van der Waals surface area contributed by atoms with Crippen molar-refractivity contribution < 1.29 is 0 Å². The smallest absolute Gasteiger partial charge is 0.183 e. The number of hydrogen-bond acceptors (Lipinski definition) is 5. The van der Waals surface area contributed by atoms with E-state index in [2.05, 4.69) is 27.4 Å². The molecule has 0 aliphatic carbocycles. The number of anilines is 1. The Balaban J connectivity index is 1.87. The number of aromatic nitrogens is 4. The Morgan fingerprint density at radius 2 is 2.25 bits per heavy atom. The van der Waals surface area contributed by atoms with Crippen molar-refractivity contribution in [2.45, 2.75) is 20.3 Å². The van der Waals surface area contributed by atoms with Gasteiger partial charge in [-0.2, -0.15) is 0 Å². The third kappa shape index (κ3) is 2.38. The number of nitrogens with zero attached hydrogens (tertiary/aromatic N) is 4. The highest BCUT2D eigenvalue weighted by Crippen LogP contribution is 2.20. The van der Waals surface area contributed by atoms with E-state index in [0.29, 0.717) is 0 Å². The molecule has 0 aliphatic heterocycles. The molecule has 2 rings (SSSR count). The Morgan fingerprint density at radius 3 is 2.81 bits per heavy atom. The molecule has 0 spiro atoms. The monoisotopic (exact) mass is 237 g/mol. The molecule has 0 aliphatic rings. The Morgan fingerprint density at radius 1 is 1.44 bits per heavy atom. The fraction of sp³-hybridized carbons (Fsp3) is 0.500. The molecule has 16 heavy (non-hydrogen) atoms. The molecular formula is C10H15N5S. The summed E-state index contributed by atoms with van der Waals surface area (Å²) in [6, 6.07) is 0. The average molecular weight is 237 g/mol. The van der Waals surface area contributed by atoms with E-state index in [1.807, 2.05) is 18.5 Å². The van der Waals surface area contributed by atoms with Crippen molar-refractivity contribution in [1.29, 1.82) is 0 Å². The third-order valence-corrected chi connectivity index (χ3v) is 3.49. The molecule has 2 aromatic rings. The van der Waals surface area contributed by atoms with Crippen molar-refractivity contribution in [1.82, 2.24) is 19.7 Å². The van der Waals surface area contributed by atoms with Crippen LogP contribution in [0.15, 0.2) is 6.33 Å². The molecule has 0 unspecified atom stereocenters. The zero-order chi connectivity index (χ0) is 11.5. The van der Waals surface area contributed by atoms with Crippen molar-refractivity contribution in [3.8, 4) is 0 Å². The van der Waals surface area contributed by atoms with E-state index in [1.165, 1.54) is 4.88 Å². The molecule has 0 radical (unpaired) electrons. The van der Waals surface area contributed by atoms with Crippen LogP contribution in [0.5, 0.6) is 0 Å². The van der Waals surface area contributed by atoms with Crippen LogP contribution >= 0.6 is 11.3 Å². The second-order valence-electron chi connectivity index (χ2n) is 3.70. The lowest BCUT2D eigenvalue weighted by atomic mass is 10.4. The van der Waals surface area contributed by atoms with Crippen LogP contribution in [-0.2, 0) is 13.5 Å². The molecule has 5 nitrogen and oxygen atoms in total. The van der Waals surface area contributed by atoms with E-state index in [9.17, 15) is 0 Å². The summed E-state index contributed by atoms with van der Waals surface area (Å²) in [5, 5.41) is 12.1. The van der Waals surface area contributed by atoms with Gasteiger partial charge in [-0.1, -0.05) is 0 Å². The van der Waals surface area contributed by atoms with Gasteiger partial charge in [-0.05, 0) is 13.8 Å². The van der Waals surface area contributed by atoms with Crippen LogP contribution in [0, 0.1) is 13.8 Å². The summed E-state index contributed by atoms with van der Waals surface area (Å²) in [4.78, 5) is 5.68. The average Bonchev–Trinajstić information content (AvgIpc) is 2.76. The predicted molar refractivity (Wildman–Crippen MR) is 64.8 cm³/mol. The van der Waals surface area contributed by atoms with Crippen molar-refractivity contribution in [2.24, 2.45) is 7.05 Å². The number of rotatable bonds is 4. The van der Waals surface area contributed by atoms with Crippen molar-refractivity contribution in [2.75, 3.05) is 11.9 Å². The number of hydrogen-bond donors (Lipinski definition) is 1. The summed E-state index contributed by atoms with van der Waals surface area (Å²) in [5.41, 5.74) is 1.10. The predicted octanol–water partition coefficient (Wildman–Crippen LogP) is 1.54. The van der Waals surface area contributed by atoms with Gasteiger partial charge in [0.1, 0.15) is 12.2 Å². The Kier molecular flexibility index (Phi) is 3.19. The summed E-state index contributed by atoms with van der Waals surface area (Å²) in [5.74, 6) is 0.984. The van der Waals surface area contributed by atoms with Crippen LogP contribution in [0.4, 0.5) is 5.13 Å². The Bertz CT molecular complexity index is 454. The van der Waals surface area contributed by atoms with Crippen LogP contribution in [0.1, 0.15) is 16.4 Å². The van der Waals surface area contributed by atoms with Gasteiger partial charge in [-0.25, -0.2) is 4.98 Å². The molecule has 6 heteroatoms. The standard InChI is InChI=1S/C10H15N5S/c1-7-8(2)16-10(13-7)11-5-4-9-14-12-6-15(9)3/h6H,4-5H2,1-3H3,(H,11,13). The molecule has 0 saturated heterocycles. The highest BCUT2D eigenvalue weighted by atomic mass is 32.1. The van der Waals surface area contributed by atoms with Gasteiger partial charge < -0.3 is 9.88 Å². The maximum atomic E-state index is 4.42. The fourth-order valence-corrected chi connectivity index (χ4v) is 2.20. The van der Waals surface area contributed by atoms with E-state index in [1.54, 1.807) is 17.7 Å². The largest absolute Gasteiger partial charge is 0.361 e. The Hall–Kier alpha value is -1.43. The minimum Gasteiger partial charge on any atom is -0.361 e. The molecule has 0 bridgehead atoms. The quantitative estimate of drug-likeness (QED) is 0.876. The first kappa shape index (κ1) is 11.1. The summed E-state index contributed by atoms with van der Waals surface area (Å²) >= 11 is 1.69. The van der Waals surface area contributed by atoms with Crippen molar-refractivity contribution in [3.05, 3.63) is 22.7 Å². The number of nitrogens with one attached hydrogen (secondary N) is 1. The van der Waals surface area contributed by atoms with Crippen LogP contribution in [0.2, 0.25) is 0 Å². The maximum Gasteiger partial charge on any atom is 0.183 e. The van der Waals surface area contributed by atoms with Crippen molar-refractivity contribution in [3.63, 3.8) is 0 Å². The van der Waals surface area contributed by atoms with Crippen LogP contribution < -0.4 is 5.32 Å². The fourth-order valence-electron chi connectivity index (χ4n) is 1.36. The van der Waals surface area contributed by atoms with Gasteiger partial charge in [0.2, 0.25) is 0 Å². The molecular weight excluding hydrogens is 222 g/mol. The summed E-state index contributed by atoms with van der Waals surface area (Å²) in [6.45, 7) is 4.94. The highest BCUT2D eigenvalue weighted by Gasteiger charge is 2.04. The zero-order valence-electron chi connectivity index (χ0n) is 9.69. The first-order valence-electron chi connectivity index (χ1n) is 5.17. The molecule has 2 heterocycles. The maximum absolute atomic E-state index is 4.42. The second-order valence-corrected chi connectivity index (χ2v) is 4.90. The van der Waals surface area contributed by atoms with Gasteiger partial charge in [-0.3, -0.25) is 0 Å². The lowest BCUT2D eigenvalue weighted by Gasteiger charge is -2.01. The minimum atomic E-state index is 0.832. The molecule has 0 atom stereocenters. The topological polar surface area (TPSA) is 55.6 Å². The third-order valence-electron chi connectivity index (χ3n) is 2.46. The minimum absolute atomic E-state index is 0.832. The normalized spacial score (nSPS) is 10.7. The first-order valence-corrected chi connectivity index (χ1v) is 5.99.